The van der Waals surface area contributed by atoms with E-state index < -0.39 is 0 Å². The summed E-state index contributed by atoms with van der Waals surface area (Å²) in [4.78, 5) is 14.9. The molecule has 0 bridgehead atoms. The van der Waals surface area contributed by atoms with E-state index in [1.54, 1.807) is 0 Å². The predicted octanol–water partition coefficient (Wildman–Crippen LogP) is 4.53. The Balaban J connectivity index is 2.02. The zero-order valence-corrected chi connectivity index (χ0v) is 14.0. The molecule has 0 heterocycles. The van der Waals surface area contributed by atoms with Crippen LogP contribution < -0.4 is 0 Å². The van der Waals surface area contributed by atoms with Crippen LogP contribution in [0, 0.1) is 5.92 Å². The minimum atomic E-state index is 0.241. The first-order valence-electron chi connectivity index (χ1n) is 7.59. The highest BCUT2D eigenvalue weighted by Crippen LogP contribution is 2.24. The van der Waals surface area contributed by atoms with Crippen molar-refractivity contribution in [3.8, 4) is 0 Å². The molecule has 0 unspecified atom stereocenters. The number of carbonyl (C=O) groups excluding carboxylic acids is 1. The lowest BCUT2D eigenvalue weighted by Gasteiger charge is -2.29. The molecule has 1 aromatic rings. The van der Waals surface area contributed by atoms with Gasteiger partial charge in [0.1, 0.15) is 0 Å². The number of hydrogen-bond acceptors (Lipinski definition) is 2. The summed E-state index contributed by atoms with van der Waals surface area (Å²) >= 11 is 3.41. The summed E-state index contributed by atoms with van der Waals surface area (Å²) in [6, 6.07) is 8.31. The van der Waals surface area contributed by atoms with Crippen LogP contribution in [-0.2, 0) is 0 Å². The van der Waals surface area contributed by atoms with Gasteiger partial charge in [-0.3, -0.25) is 9.69 Å². The summed E-state index contributed by atoms with van der Waals surface area (Å²) in [6.45, 7) is 6.04. The van der Waals surface area contributed by atoms with E-state index >= 15 is 0 Å². The van der Waals surface area contributed by atoms with Crippen LogP contribution in [0.5, 0.6) is 0 Å². The minimum Gasteiger partial charge on any atom is -0.293 e. The molecular formula is C17H24BrNO. The zero-order valence-electron chi connectivity index (χ0n) is 12.4. The summed E-state index contributed by atoms with van der Waals surface area (Å²) in [7, 11) is 0. The molecule has 0 radical (unpaired) electrons. The van der Waals surface area contributed by atoms with Gasteiger partial charge in [-0.25, -0.2) is 0 Å². The fraction of sp³-hybridized carbons (Fsp3) is 0.588. The third-order valence-electron chi connectivity index (χ3n) is 3.95. The van der Waals surface area contributed by atoms with Crippen LogP contribution in [0.4, 0.5) is 0 Å². The Labute approximate surface area is 130 Å². The summed E-state index contributed by atoms with van der Waals surface area (Å²) in [5.74, 6) is 0.846. The molecule has 0 atom stereocenters. The van der Waals surface area contributed by atoms with Crippen molar-refractivity contribution in [2.24, 2.45) is 5.92 Å². The Morgan fingerprint density at radius 3 is 2.40 bits per heavy atom. The molecule has 1 aliphatic carbocycles. The molecule has 110 valence electrons. The van der Waals surface area contributed by atoms with Gasteiger partial charge in [0, 0.05) is 22.6 Å². The first-order valence-corrected chi connectivity index (χ1v) is 8.38. The summed E-state index contributed by atoms with van der Waals surface area (Å²) < 4.78 is 1.02. The first kappa shape index (κ1) is 15.7. The molecule has 2 nitrogen and oxygen atoms in total. The van der Waals surface area contributed by atoms with Crippen LogP contribution in [0.1, 0.15) is 49.9 Å². The molecule has 3 heteroatoms. The molecule has 0 aliphatic heterocycles. The van der Waals surface area contributed by atoms with Crippen LogP contribution in [0.25, 0.3) is 0 Å². The molecular weight excluding hydrogens is 314 g/mol. The number of benzene rings is 1. The Morgan fingerprint density at radius 2 is 1.85 bits per heavy atom. The molecule has 20 heavy (non-hydrogen) atoms. The van der Waals surface area contributed by atoms with E-state index in [1.165, 1.54) is 25.7 Å². The topological polar surface area (TPSA) is 20.3 Å². The highest BCUT2D eigenvalue weighted by atomic mass is 79.9. The van der Waals surface area contributed by atoms with E-state index in [-0.39, 0.29) is 5.78 Å². The summed E-state index contributed by atoms with van der Waals surface area (Å²) in [5, 5.41) is 0. The van der Waals surface area contributed by atoms with Gasteiger partial charge < -0.3 is 0 Å². The maximum atomic E-state index is 12.4. The molecule has 1 fully saturated rings. The van der Waals surface area contributed by atoms with E-state index in [0.717, 1.165) is 16.6 Å². The molecule has 0 amide bonds. The van der Waals surface area contributed by atoms with Gasteiger partial charge in [-0.05, 0) is 30.9 Å². The predicted molar refractivity (Wildman–Crippen MR) is 87.1 cm³/mol. The fourth-order valence-corrected chi connectivity index (χ4v) is 3.26. The van der Waals surface area contributed by atoms with Gasteiger partial charge in [-0.1, -0.05) is 54.8 Å². The molecule has 1 aromatic carbocycles. The molecule has 0 spiro atoms. The van der Waals surface area contributed by atoms with Gasteiger partial charge in [-0.15, -0.1) is 0 Å². The Hall–Kier alpha value is -0.670. The third kappa shape index (κ3) is 4.42. The highest BCUT2D eigenvalue weighted by Gasteiger charge is 2.25. The van der Waals surface area contributed by atoms with Crippen molar-refractivity contribution in [2.45, 2.75) is 45.6 Å². The molecule has 0 aromatic heterocycles. The van der Waals surface area contributed by atoms with Crippen LogP contribution in [0.15, 0.2) is 28.7 Å². The van der Waals surface area contributed by atoms with Crippen molar-refractivity contribution in [3.63, 3.8) is 0 Å². The number of hydrogen-bond donors (Lipinski definition) is 0. The zero-order chi connectivity index (χ0) is 14.5. The second-order valence-electron chi connectivity index (χ2n) is 6.19. The van der Waals surface area contributed by atoms with Crippen molar-refractivity contribution in [2.75, 3.05) is 13.1 Å². The maximum absolute atomic E-state index is 12.4. The minimum absolute atomic E-state index is 0.241. The van der Waals surface area contributed by atoms with Gasteiger partial charge >= 0.3 is 0 Å². The van der Waals surface area contributed by atoms with Gasteiger partial charge in [0.2, 0.25) is 0 Å². The molecule has 2 rings (SSSR count). The second-order valence-corrected chi connectivity index (χ2v) is 7.11. The van der Waals surface area contributed by atoms with Crippen molar-refractivity contribution >= 4 is 21.7 Å². The number of halogens is 1. The quantitative estimate of drug-likeness (QED) is 0.710. The molecule has 0 N–H and O–H groups in total. The molecule has 0 saturated heterocycles. The van der Waals surface area contributed by atoms with Gasteiger partial charge in [-0.2, -0.15) is 0 Å². The van der Waals surface area contributed by atoms with E-state index in [4.69, 9.17) is 0 Å². The summed E-state index contributed by atoms with van der Waals surface area (Å²) in [5.41, 5.74) is 0.819. The van der Waals surface area contributed by atoms with Crippen molar-refractivity contribution in [1.82, 2.24) is 4.90 Å². The Morgan fingerprint density at radius 1 is 1.25 bits per heavy atom. The van der Waals surface area contributed by atoms with Gasteiger partial charge in [0.25, 0.3) is 0 Å². The molecule has 1 aliphatic rings. The fourth-order valence-electron chi connectivity index (χ4n) is 2.99. The van der Waals surface area contributed by atoms with E-state index in [9.17, 15) is 4.79 Å². The van der Waals surface area contributed by atoms with E-state index in [1.807, 2.05) is 24.3 Å². The number of Topliss-reactive ketones (excluding diaryl/α,β-unsaturated/α-hetero) is 1. The average Bonchev–Trinajstić information content (AvgIpc) is 2.92. The van der Waals surface area contributed by atoms with Crippen LogP contribution in [-0.4, -0.2) is 29.8 Å². The molecule has 1 saturated carbocycles. The largest absolute Gasteiger partial charge is 0.293 e. The number of rotatable bonds is 6. The monoisotopic (exact) mass is 337 g/mol. The van der Waals surface area contributed by atoms with Crippen molar-refractivity contribution in [3.05, 3.63) is 34.3 Å². The number of carbonyl (C=O) groups is 1. The number of nitrogens with zero attached hydrogens (tertiary/aromatic N) is 1. The third-order valence-corrected chi connectivity index (χ3v) is 4.48. The first-order chi connectivity index (χ1) is 9.56. The lowest BCUT2D eigenvalue weighted by atomic mass is 10.1. The van der Waals surface area contributed by atoms with Crippen LogP contribution in [0.3, 0.4) is 0 Å². The van der Waals surface area contributed by atoms with Gasteiger partial charge in [0.05, 0.1) is 6.54 Å². The standard InChI is InChI=1S/C17H24BrNO/c1-13(2)11-19(16-5-3-4-6-16)12-17(20)14-7-9-15(18)10-8-14/h7-10,13,16H,3-6,11-12H2,1-2H3. The van der Waals surface area contributed by atoms with Crippen LogP contribution >= 0.6 is 15.9 Å². The smallest absolute Gasteiger partial charge is 0.176 e. The van der Waals surface area contributed by atoms with E-state index in [0.29, 0.717) is 18.5 Å². The Kier molecular flexibility index (Phi) is 5.79. The second kappa shape index (κ2) is 7.37. The number of ketones is 1. The Bertz CT molecular complexity index is 435. The lowest BCUT2D eigenvalue weighted by molar-refractivity contribution is 0.0876. The normalized spacial score (nSPS) is 16.2. The lowest BCUT2D eigenvalue weighted by Crippen LogP contribution is -2.40. The average molecular weight is 338 g/mol. The van der Waals surface area contributed by atoms with Crippen molar-refractivity contribution in [1.29, 1.82) is 0 Å². The summed E-state index contributed by atoms with van der Waals surface area (Å²) in [6.07, 6.45) is 5.12. The maximum Gasteiger partial charge on any atom is 0.176 e. The van der Waals surface area contributed by atoms with E-state index in [2.05, 4.69) is 34.7 Å². The highest BCUT2D eigenvalue weighted by molar-refractivity contribution is 9.10. The van der Waals surface area contributed by atoms with Crippen LogP contribution in [0.2, 0.25) is 0 Å². The SMILES string of the molecule is CC(C)CN(CC(=O)c1ccc(Br)cc1)C1CCCC1. The van der Waals surface area contributed by atoms with Crippen molar-refractivity contribution < 1.29 is 4.79 Å². The van der Waals surface area contributed by atoms with Gasteiger partial charge in [0.15, 0.2) is 5.78 Å².